The zero-order valence-corrected chi connectivity index (χ0v) is 9.91. The molecule has 1 aromatic carbocycles. The predicted molar refractivity (Wildman–Crippen MR) is 61.5 cm³/mol. The fourth-order valence-electron chi connectivity index (χ4n) is 0.768. The molecular weight excluding hydrogens is 242 g/mol. The Morgan fingerprint density at radius 3 is 2.64 bits per heavy atom. The van der Waals surface area contributed by atoms with Crippen LogP contribution in [0.25, 0.3) is 0 Å². The van der Waals surface area contributed by atoms with E-state index in [4.69, 9.17) is 4.84 Å². The first-order valence-electron chi connectivity index (χ1n) is 4.59. The van der Waals surface area contributed by atoms with Gasteiger partial charge in [0, 0.05) is 10.0 Å². The molecule has 0 fully saturated rings. The van der Waals surface area contributed by atoms with E-state index in [2.05, 4.69) is 34.2 Å². The fraction of sp³-hybridized carbons (Fsp3) is 0.364. The second kappa shape index (κ2) is 5.81. The molecule has 1 atom stereocenters. The Morgan fingerprint density at radius 1 is 1.43 bits per heavy atom. The average molecular weight is 255 g/mol. The lowest BCUT2D eigenvalue weighted by atomic mass is 10.2. The van der Waals surface area contributed by atoms with Crippen LogP contribution in [0.2, 0.25) is 0 Å². The maximum absolute atomic E-state index is 5.13. The van der Waals surface area contributed by atoms with Crippen LogP contribution >= 0.6 is 15.9 Å². The molecule has 0 N–H and O–H groups in total. The molecule has 14 heavy (non-hydrogen) atoms. The Hall–Kier alpha value is -0.830. The molecule has 0 spiro atoms. The monoisotopic (exact) mass is 254 g/mol. The van der Waals surface area contributed by atoms with Crippen molar-refractivity contribution in [3.63, 3.8) is 0 Å². The maximum atomic E-state index is 5.13. The van der Waals surface area contributed by atoms with Crippen molar-refractivity contribution >= 4 is 22.1 Å². The average Bonchev–Trinajstić information content (AvgIpc) is 2.21. The van der Waals surface area contributed by atoms with Gasteiger partial charge in [-0.25, -0.2) is 0 Å². The summed E-state index contributed by atoms with van der Waals surface area (Å²) >= 11 is 3.36. The van der Waals surface area contributed by atoms with Gasteiger partial charge < -0.3 is 4.84 Å². The van der Waals surface area contributed by atoms with Crippen molar-refractivity contribution < 1.29 is 4.84 Å². The van der Waals surface area contributed by atoms with Gasteiger partial charge >= 0.3 is 0 Å². The van der Waals surface area contributed by atoms with Gasteiger partial charge in [-0.2, -0.15) is 0 Å². The second-order valence-electron chi connectivity index (χ2n) is 3.03. The van der Waals surface area contributed by atoms with Gasteiger partial charge in [-0.05, 0) is 25.5 Å². The highest BCUT2D eigenvalue weighted by Gasteiger charge is 1.95. The second-order valence-corrected chi connectivity index (χ2v) is 3.95. The molecule has 0 aliphatic carbocycles. The third-order valence-corrected chi connectivity index (χ3v) is 2.36. The molecule has 1 rings (SSSR count). The predicted octanol–water partition coefficient (Wildman–Crippen LogP) is 3.48. The van der Waals surface area contributed by atoms with E-state index in [1.165, 1.54) is 0 Å². The van der Waals surface area contributed by atoms with Crippen LogP contribution in [0, 0.1) is 0 Å². The Labute approximate surface area is 93.1 Å². The molecule has 0 saturated heterocycles. The minimum atomic E-state index is 0.151. The lowest BCUT2D eigenvalue weighted by molar-refractivity contribution is 0.0712. The summed E-state index contributed by atoms with van der Waals surface area (Å²) in [7, 11) is 0. The van der Waals surface area contributed by atoms with Crippen LogP contribution in [-0.2, 0) is 4.84 Å². The van der Waals surface area contributed by atoms with Crippen molar-refractivity contribution in [2.45, 2.75) is 26.4 Å². The molecule has 2 nitrogen and oxygen atoms in total. The smallest absolute Gasteiger partial charge is 0.139 e. The van der Waals surface area contributed by atoms with Gasteiger partial charge in [-0.3, -0.25) is 0 Å². The molecular formula is C11H13BrNO. The van der Waals surface area contributed by atoms with E-state index in [1.54, 1.807) is 0 Å². The van der Waals surface area contributed by atoms with E-state index in [0.717, 1.165) is 16.5 Å². The number of hydrogen-bond acceptors (Lipinski definition) is 2. The van der Waals surface area contributed by atoms with Crippen molar-refractivity contribution in [1.82, 2.24) is 0 Å². The number of hydrogen-bond donors (Lipinski definition) is 0. The van der Waals surface area contributed by atoms with Gasteiger partial charge in [0.25, 0.3) is 0 Å². The molecule has 0 amide bonds. The SMILES string of the molecule is CCC(C)O/N=[C]/c1ccc(Br)cc1. The van der Waals surface area contributed by atoms with Gasteiger partial charge in [-0.15, -0.1) is 0 Å². The zero-order valence-electron chi connectivity index (χ0n) is 8.33. The van der Waals surface area contributed by atoms with Crippen LogP contribution in [-0.4, -0.2) is 12.3 Å². The van der Waals surface area contributed by atoms with Crippen molar-refractivity contribution in [1.29, 1.82) is 0 Å². The Bertz CT molecular complexity index is 295. The van der Waals surface area contributed by atoms with Gasteiger partial charge in [0.05, 0.1) is 0 Å². The van der Waals surface area contributed by atoms with E-state index in [0.29, 0.717) is 0 Å². The summed E-state index contributed by atoms with van der Waals surface area (Å²) in [5.41, 5.74) is 0.913. The zero-order chi connectivity index (χ0) is 10.4. The van der Waals surface area contributed by atoms with Gasteiger partial charge in [0.15, 0.2) is 0 Å². The largest absolute Gasteiger partial charge is 0.392 e. The van der Waals surface area contributed by atoms with Gasteiger partial charge in [0.1, 0.15) is 12.3 Å². The molecule has 0 aromatic heterocycles. The lowest BCUT2D eigenvalue weighted by Gasteiger charge is -2.03. The number of benzene rings is 1. The third kappa shape index (κ3) is 3.92. The minimum Gasteiger partial charge on any atom is -0.392 e. The van der Waals surface area contributed by atoms with Crippen LogP contribution in [0.5, 0.6) is 0 Å². The summed E-state index contributed by atoms with van der Waals surface area (Å²) in [6.45, 7) is 4.03. The van der Waals surface area contributed by atoms with Crippen LogP contribution in [0.4, 0.5) is 0 Å². The first kappa shape index (κ1) is 11.2. The minimum absolute atomic E-state index is 0.151. The summed E-state index contributed by atoms with van der Waals surface area (Å²) in [6.07, 6.45) is 3.92. The summed E-state index contributed by atoms with van der Waals surface area (Å²) in [4.78, 5) is 5.13. The Kier molecular flexibility index (Phi) is 4.66. The van der Waals surface area contributed by atoms with Crippen molar-refractivity contribution in [3.05, 3.63) is 34.3 Å². The van der Waals surface area contributed by atoms with E-state index >= 15 is 0 Å². The third-order valence-electron chi connectivity index (χ3n) is 1.83. The van der Waals surface area contributed by atoms with Crippen LogP contribution in [0.3, 0.4) is 0 Å². The van der Waals surface area contributed by atoms with E-state index in [1.807, 2.05) is 31.2 Å². The molecule has 0 saturated carbocycles. The summed E-state index contributed by atoms with van der Waals surface area (Å²) in [5.74, 6) is 0. The number of rotatable bonds is 4. The molecule has 0 aliphatic heterocycles. The van der Waals surface area contributed by atoms with Crippen LogP contribution in [0.15, 0.2) is 33.9 Å². The van der Waals surface area contributed by atoms with Gasteiger partial charge in [0.2, 0.25) is 0 Å². The van der Waals surface area contributed by atoms with Gasteiger partial charge in [-0.1, -0.05) is 40.1 Å². The lowest BCUT2D eigenvalue weighted by Crippen LogP contribution is -2.01. The highest BCUT2D eigenvalue weighted by Crippen LogP contribution is 2.09. The standard InChI is InChI=1S/C11H13BrNO/c1-3-9(2)14-13-8-10-4-6-11(12)7-5-10/h4-7,9H,3H2,1-2H3. The van der Waals surface area contributed by atoms with E-state index < -0.39 is 0 Å². The molecule has 75 valence electrons. The molecule has 1 unspecified atom stereocenters. The fourth-order valence-corrected chi connectivity index (χ4v) is 1.03. The van der Waals surface area contributed by atoms with E-state index in [-0.39, 0.29) is 6.10 Å². The first-order valence-corrected chi connectivity index (χ1v) is 5.39. The highest BCUT2D eigenvalue weighted by molar-refractivity contribution is 9.10. The summed E-state index contributed by atoms with van der Waals surface area (Å²) in [5, 5.41) is 3.78. The Morgan fingerprint density at radius 2 is 2.07 bits per heavy atom. The summed E-state index contributed by atoms with van der Waals surface area (Å²) in [6, 6.07) is 7.74. The topological polar surface area (TPSA) is 21.6 Å². The van der Waals surface area contributed by atoms with Crippen molar-refractivity contribution in [3.8, 4) is 0 Å². The summed E-state index contributed by atoms with van der Waals surface area (Å²) < 4.78 is 1.05. The highest BCUT2D eigenvalue weighted by atomic mass is 79.9. The quantitative estimate of drug-likeness (QED) is 0.596. The normalized spacial score (nSPS) is 13.1. The van der Waals surface area contributed by atoms with Crippen LogP contribution in [0.1, 0.15) is 25.8 Å². The van der Waals surface area contributed by atoms with Crippen molar-refractivity contribution in [2.75, 3.05) is 0 Å². The first-order chi connectivity index (χ1) is 6.72. The molecule has 0 bridgehead atoms. The number of nitrogens with zero attached hydrogens (tertiary/aromatic N) is 1. The molecule has 0 heterocycles. The molecule has 1 aromatic rings. The Balaban J connectivity index is 2.48. The van der Waals surface area contributed by atoms with E-state index in [9.17, 15) is 0 Å². The molecule has 0 aliphatic rings. The molecule has 3 heteroatoms. The molecule has 1 radical (unpaired) electrons. The van der Waals surface area contributed by atoms with Crippen LogP contribution < -0.4 is 0 Å². The van der Waals surface area contributed by atoms with Crippen molar-refractivity contribution in [2.24, 2.45) is 5.16 Å². The number of halogens is 1. The maximum Gasteiger partial charge on any atom is 0.139 e.